The molecule has 2 aliphatic rings. The van der Waals surface area contributed by atoms with E-state index < -0.39 is 0 Å². The van der Waals surface area contributed by atoms with Crippen LogP contribution < -0.4 is 5.43 Å². The van der Waals surface area contributed by atoms with Crippen molar-refractivity contribution in [2.75, 3.05) is 12.5 Å². The Bertz CT molecular complexity index is 1120. The van der Waals surface area contributed by atoms with E-state index in [0.29, 0.717) is 5.95 Å². The van der Waals surface area contributed by atoms with Crippen molar-refractivity contribution in [3.05, 3.63) is 91.0 Å². The van der Waals surface area contributed by atoms with Gasteiger partial charge in [-0.3, -0.25) is 4.99 Å². The molecular weight excluding hydrogens is 384 g/mol. The minimum Gasteiger partial charge on any atom is -0.350 e. The number of nitrogens with zero attached hydrogens (tertiary/aromatic N) is 5. The predicted octanol–water partition coefficient (Wildman–Crippen LogP) is 4.42. The highest BCUT2D eigenvalue weighted by Gasteiger charge is 2.30. The maximum atomic E-state index is 4.73. The van der Waals surface area contributed by atoms with E-state index in [1.54, 1.807) is 6.21 Å². The minimum atomic E-state index is 0.138. The van der Waals surface area contributed by atoms with Crippen molar-refractivity contribution in [2.45, 2.75) is 12.1 Å². The van der Waals surface area contributed by atoms with Gasteiger partial charge in [0.05, 0.1) is 29.7 Å². The summed E-state index contributed by atoms with van der Waals surface area (Å²) in [5.74, 6) is 1.26. The summed E-state index contributed by atoms with van der Waals surface area (Å²) in [6, 6.07) is 22.5. The Morgan fingerprint density at radius 3 is 2.10 bits per heavy atom. The number of allylic oxidation sites excluding steroid dienone is 2. The third-order valence-corrected chi connectivity index (χ3v) is 5.38. The number of likely N-dealkylation sites (N-methyl/N-ethyl adjacent to an activating group) is 1. The van der Waals surface area contributed by atoms with Crippen LogP contribution in [0.3, 0.4) is 0 Å². The highest BCUT2D eigenvalue weighted by Crippen LogP contribution is 2.25. The Balaban J connectivity index is 1.43. The van der Waals surface area contributed by atoms with Crippen molar-refractivity contribution < 1.29 is 0 Å². The molecule has 6 heteroatoms. The zero-order valence-electron chi connectivity index (χ0n) is 17.1. The van der Waals surface area contributed by atoms with E-state index in [4.69, 9.17) is 4.99 Å². The first-order valence-electron chi connectivity index (χ1n) is 10.2. The Morgan fingerprint density at radius 2 is 1.48 bits per heavy atom. The van der Waals surface area contributed by atoms with Gasteiger partial charge in [-0.15, -0.1) is 0 Å². The summed E-state index contributed by atoms with van der Waals surface area (Å²) >= 11 is 0. The number of benzene rings is 2. The van der Waals surface area contributed by atoms with E-state index in [9.17, 15) is 0 Å². The van der Waals surface area contributed by atoms with Crippen LogP contribution in [0.1, 0.15) is 0 Å². The van der Waals surface area contributed by atoms with Gasteiger partial charge in [0.15, 0.2) is 0 Å². The lowest BCUT2D eigenvalue weighted by Gasteiger charge is -2.22. The number of hydrogen-bond donors (Lipinski definition) is 1. The van der Waals surface area contributed by atoms with Crippen LogP contribution in [0.2, 0.25) is 0 Å². The third kappa shape index (κ3) is 4.00. The van der Waals surface area contributed by atoms with Crippen molar-refractivity contribution in [2.24, 2.45) is 10.1 Å². The molecule has 5 rings (SSSR count). The van der Waals surface area contributed by atoms with Gasteiger partial charge >= 0.3 is 0 Å². The second-order valence-corrected chi connectivity index (χ2v) is 7.41. The Kier molecular flexibility index (Phi) is 5.10. The van der Waals surface area contributed by atoms with Gasteiger partial charge in [0.2, 0.25) is 5.95 Å². The average molecular weight is 406 g/mol. The standard InChI is InChI=1S/C25H22N6/c1-31-23-15-9-8-14-20(23)27-24(31)17-26-30-25-28-21(18-10-4-2-5-11-18)16-22(29-25)19-12-6-3-7-13-19/h2-17,20,23H,1H3,(H,28,29,30)/b26-17+/t20-,23+/m1/s1. The lowest BCUT2D eigenvalue weighted by Crippen LogP contribution is -2.35. The number of fused-ring (bicyclic) bond motifs is 1. The molecule has 3 aromatic rings. The molecule has 0 spiro atoms. The number of nitrogens with one attached hydrogen (secondary N) is 1. The van der Waals surface area contributed by atoms with Crippen molar-refractivity contribution in [3.63, 3.8) is 0 Å². The molecule has 0 saturated carbocycles. The van der Waals surface area contributed by atoms with Crippen molar-refractivity contribution in [1.29, 1.82) is 0 Å². The lowest BCUT2D eigenvalue weighted by atomic mass is 10.0. The molecule has 1 N–H and O–H groups in total. The summed E-state index contributed by atoms with van der Waals surface area (Å²) in [5.41, 5.74) is 6.72. The molecule has 1 aliphatic heterocycles. The second kappa shape index (κ2) is 8.36. The summed E-state index contributed by atoms with van der Waals surface area (Å²) in [7, 11) is 2.03. The van der Waals surface area contributed by atoms with E-state index in [1.165, 1.54) is 0 Å². The van der Waals surface area contributed by atoms with E-state index >= 15 is 0 Å². The van der Waals surface area contributed by atoms with E-state index in [-0.39, 0.29) is 12.1 Å². The van der Waals surface area contributed by atoms with Gasteiger partial charge in [-0.25, -0.2) is 15.4 Å². The monoisotopic (exact) mass is 406 g/mol. The number of rotatable bonds is 5. The molecule has 0 saturated heterocycles. The highest BCUT2D eigenvalue weighted by molar-refractivity contribution is 6.30. The molecule has 1 aliphatic carbocycles. The molecule has 0 radical (unpaired) electrons. The molecule has 152 valence electrons. The highest BCUT2D eigenvalue weighted by atomic mass is 15.4. The number of aromatic nitrogens is 2. The van der Waals surface area contributed by atoms with Gasteiger partial charge in [-0.2, -0.15) is 5.10 Å². The van der Waals surface area contributed by atoms with Crippen LogP contribution in [0.25, 0.3) is 22.5 Å². The van der Waals surface area contributed by atoms with E-state index in [2.05, 4.69) is 43.6 Å². The van der Waals surface area contributed by atoms with Crippen molar-refractivity contribution in [1.82, 2.24) is 14.9 Å². The summed E-state index contributed by atoms with van der Waals surface area (Å²) in [4.78, 5) is 16.2. The number of hydrogen-bond acceptors (Lipinski definition) is 6. The summed E-state index contributed by atoms with van der Waals surface area (Å²) in [6.07, 6.45) is 10.1. The fraction of sp³-hybridized carbons (Fsp3) is 0.120. The third-order valence-electron chi connectivity index (χ3n) is 5.38. The molecule has 6 nitrogen and oxygen atoms in total. The Morgan fingerprint density at radius 1 is 0.871 bits per heavy atom. The molecule has 0 amide bonds. The molecule has 1 aromatic heterocycles. The normalized spacial score (nSPS) is 19.5. The number of aliphatic imine (C=N–C) groups is 1. The maximum absolute atomic E-state index is 4.73. The fourth-order valence-corrected chi connectivity index (χ4v) is 3.74. The van der Waals surface area contributed by atoms with E-state index in [1.807, 2.05) is 79.9 Å². The van der Waals surface area contributed by atoms with Crippen molar-refractivity contribution >= 4 is 18.0 Å². The van der Waals surface area contributed by atoms with Crippen LogP contribution in [-0.2, 0) is 0 Å². The van der Waals surface area contributed by atoms with Crippen LogP contribution in [0, 0.1) is 0 Å². The summed E-state index contributed by atoms with van der Waals surface area (Å²) in [6.45, 7) is 0. The van der Waals surface area contributed by atoms with Crippen molar-refractivity contribution in [3.8, 4) is 22.5 Å². The first-order valence-corrected chi connectivity index (χ1v) is 10.2. The van der Waals surface area contributed by atoms with Crippen LogP contribution in [0.4, 0.5) is 5.95 Å². The Hall–Kier alpha value is -4.06. The fourth-order valence-electron chi connectivity index (χ4n) is 3.74. The number of hydrazone groups is 1. The first-order chi connectivity index (χ1) is 15.3. The van der Waals surface area contributed by atoms with Gasteiger partial charge in [-0.1, -0.05) is 85.0 Å². The lowest BCUT2D eigenvalue weighted by molar-refractivity contribution is 0.440. The predicted molar refractivity (Wildman–Crippen MR) is 126 cm³/mol. The van der Waals surface area contributed by atoms with Crippen LogP contribution in [0.15, 0.2) is 101 Å². The second-order valence-electron chi connectivity index (χ2n) is 7.41. The van der Waals surface area contributed by atoms with Gasteiger partial charge in [0.1, 0.15) is 5.84 Å². The molecule has 0 unspecified atom stereocenters. The SMILES string of the molecule is CN1C(/C=N/Nc2nc(-c3ccccc3)cc(-c3ccccc3)n2)=N[C@@H]2C=CC=C[C@@H]21. The zero-order valence-corrected chi connectivity index (χ0v) is 17.1. The summed E-state index contributed by atoms with van der Waals surface area (Å²) in [5, 5.41) is 4.38. The van der Waals surface area contributed by atoms with Crippen LogP contribution >= 0.6 is 0 Å². The zero-order chi connectivity index (χ0) is 21.0. The molecule has 2 aromatic carbocycles. The van der Waals surface area contributed by atoms with Crippen LogP contribution in [0.5, 0.6) is 0 Å². The van der Waals surface area contributed by atoms with Gasteiger partial charge < -0.3 is 4.90 Å². The Labute approximate surface area is 181 Å². The molecule has 0 bridgehead atoms. The smallest absolute Gasteiger partial charge is 0.244 e. The topological polar surface area (TPSA) is 65.8 Å². The number of anilines is 1. The average Bonchev–Trinajstić information content (AvgIpc) is 3.15. The van der Waals surface area contributed by atoms with Gasteiger partial charge in [0, 0.05) is 18.2 Å². The van der Waals surface area contributed by atoms with Gasteiger partial charge in [0.25, 0.3) is 0 Å². The molecule has 2 atom stereocenters. The number of amidine groups is 1. The van der Waals surface area contributed by atoms with Gasteiger partial charge in [-0.05, 0) is 6.07 Å². The minimum absolute atomic E-state index is 0.138. The molecule has 0 fully saturated rings. The van der Waals surface area contributed by atoms with E-state index in [0.717, 1.165) is 28.4 Å². The first kappa shape index (κ1) is 18.9. The molecular formula is C25H22N6. The quantitative estimate of drug-likeness (QED) is 0.503. The van der Waals surface area contributed by atoms with Crippen LogP contribution in [-0.4, -0.2) is 46.0 Å². The molecule has 31 heavy (non-hydrogen) atoms. The summed E-state index contributed by atoms with van der Waals surface area (Å²) < 4.78 is 0. The largest absolute Gasteiger partial charge is 0.350 e. The maximum Gasteiger partial charge on any atom is 0.244 e. The molecule has 2 heterocycles.